The van der Waals surface area contributed by atoms with Crippen LogP contribution in [0.15, 0.2) is 53.3 Å². The third-order valence-corrected chi connectivity index (χ3v) is 6.43. The summed E-state index contributed by atoms with van der Waals surface area (Å²) >= 11 is 5.29. The highest BCUT2D eigenvalue weighted by Gasteiger charge is 2.18. The second-order valence-electron chi connectivity index (χ2n) is 6.61. The van der Waals surface area contributed by atoms with Crippen LogP contribution >= 0.6 is 27.3 Å². The Balaban J connectivity index is 1.92. The molecule has 0 aliphatic carbocycles. The van der Waals surface area contributed by atoms with E-state index in [0.29, 0.717) is 0 Å². The molecule has 0 spiro atoms. The molecule has 4 rings (SSSR count). The highest BCUT2D eigenvalue weighted by Crippen LogP contribution is 2.42. The van der Waals surface area contributed by atoms with Gasteiger partial charge in [-0.3, -0.25) is 0 Å². The highest BCUT2D eigenvalue weighted by atomic mass is 79.9. The lowest BCUT2D eigenvalue weighted by molar-refractivity contribution is 1.19. The van der Waals surface area contributed by atoms with Crippen molar-refractivity contribution in [1.29, 1.82) is 0 Å². The van der Waals surface area contributed by atoms with Crippen LogP contribution in [-0.2, 0) is 6.42 Å². The summed E-state index contributed by atoms with van der Waals surface area (Å²) < 4.78 is 1.08. The van der Waals surface area contributed by atoms with E-state index in [0.717, 1.165) is 32.6 Å². The first-order valence-corrected chi connectivity index (χ1v) is 10.5. The molecule has 136 valence electrons. The lowest BCUT2D eigenvalue weighted by Gasteiger charge is -2.12. The topological polar surface area (TPSA) is 37.8 Å². The van der Waals surface area contributed by atoms with E-state index < -0.39 is 0 Å². The Hall–Kier alpha value is -2.24. The Morgan fingerprint density at radius 3 is 2.56 bits per heavy atom. The van der Waals surface area contributed by atoms with Crippen molar-refractivity contribution in [2.24, 2.45) is 0 Å². The number of anilines is 2. The van der Waals surface area contributed by atoms with Gasteiger partial charge in [0.2, 0.25) is 0 Å². The number of fused-ring (bicyclic) bond motifs is 1. The molecule has 2 aromatic carbocycles. The van der Waals surface area contributed by atoms with Gasteiger partial charge in [-0.2, -0.15) is 0 Å². The Morgan fingerprint density at radius 1 is 1.04 bits per heavy atom. The molecule has 5 heteroatoms. The smallest absolute Gasteiger partial charge is 0.143 e. The van der Waals surface area contributed by atoms with Gasteiger partial charge in [0.25, 0.3) is 0 Å². The first-order chi connectivity index (χ1) is 13.1. The number of nitrogens with one attached hydrogen (secondary N) is 1. The summed E-state index contributed by atoms with van der Waals surface area (Å²) in [7, 11) is 0. The van der Waals surface area contributed by atoms with Gasteiger partial charge in [0, 0.05) is 20.6 Å². The minimum absolute atomic E-state index is 0.863. The van der Waals surface area contributed by atoms with Crippen LogP contribution in [0.5, 0.6) is 0 Å². The molecular formula is C22H20BrN3S. The third kappa shape index (κ3) is 3.49. The van der Waals surface area contributed by atoms with E-state index in [1.165, 1.54) is 27.1 Å². The second kappa shape index (κ2) is 7.41. The zero-order valence-corrected chi connectivity index (χ0v) is 17.9. The van der Waals surface area contributed by atoms with E-state index in [-0.39, 0.29) is 0 Å². The summed E-state index contributed by atoms with van der Waals surface area (Å²) in [5, 5.41) is 4.66. The lowest BCUT2D eigenvalue weighted by atomic mass is 10.0. The Morgan fingerprint density at radius 2 is 1.81 bits per heavy atom. The predicted octanol–water partition coefficient (Wildman–Crippen LogP) is 7.04. The number of thiophene rings is 1. The predicted molar refractivity (Wildman–Crippen MR) is 119 cm³/mol. The van der Waals surface area contributed by atoms with E-state index in [1.807, 2.05) is 0 Å². The van der Waals surface area contributed by atoms with Crippen LogP contribution in [0.25, 0.3) is 21.3 Å². The van der Waals surface area contributed by atoms with Gasteiger partial charge in [0.15, 0.2) is 0 Å². The fraction of sp³-hybridized carbons (Fsp3) is 0.182. The first kappa shape index (κ1) is 18.1. The number of benzene rings is 2. The van der Waals surface area contributed by atoms with Crippen molar-refractivity contribution in [3.8, 4) is 11.1 Å². The van der Waals surface area contributed by atoms with Gasteiger partial charge in [0.05, 0.1) is 5.39 Å². The normalized spacial score (nSPS) is 11.1. The molecule has 0 bridgehead atoms. The van der Waals surface area contributed by atoms with Gasteiger partial charge in [-0.05, 0) is 55.2 Å². The summed E-state index contributed by atoms with van der Waals surface area (Å²) in [5.41, 5.74) is 5.93. The molecule has 1 N–H and O–H groups in total. The van der Waals surface area contributed by atoms with Crippen molar-refractivity contribution in [2.75, 3.05) is 5.32 Å². The molecule has 0 amide bonds. The molecule has 2 heterocycles. The summed E-state index contributed by atoms with van der Waals surface area (Å²) in [6.07, 6.45) is 2.62. The summed E-state index contributed by atoms with van der Waals surface area (Å²) in [5.74, 6) is 0.863. The molecule has 0 atom stereocenters. The van der Waals surface area contributed by atoms with Crippen LogP contribution in [0.4, 0.5) is 11.5 Å². The van der Waals surface area contributed by atoms with Gasteiger partial charge in [-0.25, -0.2) is 9.97 Å². The number of aryl methyl sites for hydroxylation is 3. The van der Waals surface area contributed by atoms with Crippen LogP contribution in [-0.4, -0.2) is 9.97 Å². The van der Waals surface area contributed by atoms with Crippen LogP contribution in [0, 0.1) is 13.8 Å². The average molecular weight is 438 g/mol. The molecule has 2 aromatic heterocycles. The molecule has 0 aliphatic rings. The van der Waals surface area contributed by atoms with Crippen molar-refractivity contribution in [3.63, 3.8) is 0 Å². The maximum atomic E-state index is 4.60. The monoisotopic (exact) mass is 437 g/mol. The van der Waals surface area contributed by atoms with Crippen LogP contribution in [0.3, 0.4) is 0 Å². The van der Waals surface area contributed by atoms with E-state index in [2.05, 4.69) is 94.5 Å². The molecular weight excluding hydrogens is 418 g/mol. The summed E-state index contributed by atoms with van der Waals surface area (Å²) in [6, 6.07) is 14.9. The average Bonchev–Trinajstić information content (AvgIpc) is 3.05. The van der Waals surface area contributed by atoms with Crippen molar-refractivity contribution in [1.82, 2.24) is 9.97 Å². The van der Waals surface area contributed by atoms with Gasteiger partial charge in [0.1, 0.15) is 17.0 Å². The van der Waals surface area contributed by atoms with E-state index >= 15 is 0 Å². The number of rotatable bonds is 4. The molecule has 0 saturated carbocycles. The van der Waals surface area contributed by atoms with Crippen LogP contribution in [0.1, 0.15) is 22.9 Å². The zero-order chi connectivity index (χ0) is 19.0. The third-order valence-electron chi connectivity index (χ3n) is 4.66. The number of nitrogens with zero attached hydrogens (tertiary/aromatic N) is 2. The molecule has 4 aromatic rings. The number of hydrogen-bond donors (Lipinski definition) is 1. The van der Waals surface area contributed by atoms with E-state index in [4.69, 9.17) is 0 Å². The Bertz CT molecular complexity index is 1120. The number of halogens is 1. The van der Waals surface area contributed by atoms with Gasteiger partial charge in [-0.1, -0.05) is 47.1 Å². The molecule has 0 saturated heterocycles. The maximum Gasteiger partial charge on any atom is 0.143 e. The van der Waals surface area contributed by atoms with Crippen LogP contribution < -0.4 is 5.32 Å². The Kier molecular flexibility index (Phi) is 4.98. The standard InChI is InChI=1S/C22H20BrN3S/c1-4-18-19(15-7-9-16(23)10-8-15)20-21(24-12-25-22(20)27-18)26-17-11-13(2)5-6-14(17)3/h5-12H,4H2,1-3H3,(H,24,25,26). The van der Waals surface area contributed by atoms with Gasteiger partial charge >= 0.3 is 0 Å². The Labute approximate surface area is 171 Å². The molecule has 27 heavy (non-hydrogen) atoms. The van der Waals surface area contributed by atoms with Crippen molar-refractivity contribution < 1.29 is 0 Å². The fourth-order valence-electron chi connectivity index (χ4n) is 3.24. The number of aromatic nitrogens is 2. The first-order valence-electron chi connectivity index (χ1n) is 8.93. The van der Waals surface area contributed by atoms with Crippen molar-refractivity contribution >= 4 is 49.0 Å². The minimum Gasteiger partial charge on any atom is -0.339 e. The summed E-state index contributed by atoms with van der Waals surface area (Å²) in [4.78, 5) is 11.5. The van der Waals surface area contributed by atoms with Crippen molar-refractivity contribution in [3.05, 3.63) is 69.3 Å². The fourth-order valence-corrected chi connectivity index (χ4v) is 4.61. The van der Waals surface area contributed by atoms with Gasteiger partial charge < -0.3 is 5.32 Å². The molecule has 0 aliphatic heterocycles. The molecule has 0 fully saturated rings. The molecule has 0 radical (unpaired) electrons. The van der Waals surface area contributed by atoms with E-state index in [1.54, 1.807) is 17.7 Å². The second-order valence-corrected chi connectivity index (χ2v) is 8.61. The van der Waals surface area contributed by atoms with Crippen LogP contribution in [0.2, 0.25) is 0 Å². The molecule has 3 nitrogen and oxygen atoms in total. The lowest BCUT2D eigenvalue weighted by Crippen LogP contribution is -1.98. The highest BCUT2D eigenvalue weighted by molar-refractivity contribution is 9.10. The number of hydrogen-bond acceptors (Lipinski definition) is 4. The maximum absolute atomic E-state index is 4.60. The largest absolute Gasteiger partial charge is 0.339 e. The quantitative estimate of drug-likeness (QED) is 0.371. The zero-order valence-electron chi connectivity index (χ0n) is 15.5. The summed E-state index contributed by atoms with van der Waals surface area (Å²) in [6.45, 7) is 6.41. The molecule has 0 unspecified atom stereocenters. The van der Waals surface area contributed by atoms with Crippen molar-refractivity contribution in [2.45, 2.75) is 27.2 Å². The van der Waals surface area contributed by atoms with Gasteiger partial charge in [-0.15, -0.1) is 11.3 Å². The SMILES string of the molecule is CCc1sc2ncnc(Nc3cc(C)ccc3C)c2c1-c1ccc(Br)cc1. The van der Waals surface area contributed by atoms with E-state index in [9.17, 15) is 0 Å². The minimum atomic E-state index is 0.863.